The van der Waals surface area contributed by atoms with Crippen molar-refractivity contribution >= 4 is 21.4 Å². The van der Waals surface area contributed by atoms with Gasteiger partial charge < -0.3 is 11.1 Å². The van der Waals surface area contributed by atoms with E-state index in [0.717, 1.165) is 12.5 Å². The summed E-state index contributed by atoms with van der Waals surface area (Å²) >= 11 is 1.82. The van der Waals surface area contributed by atoms with E-state index in [1.54, 1.807) is 0 Å². The van der Waals surface area contributed by atoms with Crippen LogP contribution in [0.1, 0.15) is 37.3 Å². The molecule has 0 radical (unpaired) electrons. The number of thiophene rings is 1. The standard InChI is InChI=1S/C16H22N2S/c17-10-15(18-9-3-4-12-7-8-12)14-11-19-16-6-2-1-5-13(14)16/h1-2,5-6,11-12,15,18H,3-4,7-10,17H2. The highest BCUT2D eigenvalue weighted by Gasteiger charge is 2.20. The fourth-order valence-electron chi connectivity index (χ4n) is 2.66. The minimum absolute atomic E-state index is 0.301. The summed E-state index contributed by atoms with van der Waals surface area (Å²) in [5.41, 5.74) is 7.32. The second-order valence-electron chi connectivity index (χ2n) is 5.52. The van der Waals surface area contributed by atoms with Gasteiger partial charge >= 0.3 is 0 Å². The summed E-state index contributed by atoms with van der Waals surface area (Å²) in [5, 5.41) is 7.25. The Kier molecular flexibility index (Phi) is 4.16. The second-order valence-corrected chi connectivity index (χ2v) is 6.43. The number of fused-ring (bicyclic) bond motifs is 1. The van der Waals surface area contributed by atoms with Crippen LogP contribution in [-0.4, -0.2) is 13.1 Å². The number of rotatable bonds is 7. The molecule has 3 heteroatoms. The normalized spacial score (nSPS) is 16.9. The van der Waals surface area contributed by atoms with Crippen molar-refractivity contribution in [1.29, 1.82) is 0 Å². The lowest BCUT2D eigenvalue weighted by Crippen LogP contribution is -2.28. The first kappa shape index (κ1) is 13.1. The Morgan fingerprint density at radius 1 is 1.32 bits per heavy atom. The third-order valence-corrected chi connectivity index (χ3v) is 4.98. The molecule has 102 valence electrons. The Labute approximate surface area is 119 Å². The van der Waals surface area contributed by atoms with E-state index in [1.165, 1.54) is 41.3 Å². The molecule has 0 bridgehead atoms. The Balaban J connectivity index is 1.63. The van der Waals surface area contributed by atoms with Crippen LogP contribution in [0.5, 0.6) is 0 Å². The quantitative estimate of drug-likeness (QED) is 0.756. The van der Waals surface area contributed by atoms with Gasteiger partial charge in [-0.25, -0.2) is 0 Å². The Bertz CT molecular complexity index is 530. The fourth-order valence-corrected chi connectivity index (χ4v) is 3.68. The maximum absolute atomic E-state index is 5.95. The van der Waals surface area contributed by atoms with Gasteiger partial charge in [-0.2, -0.15) is 0 Å². The van der Waals surface area contributed by atoms with Gasteiger partial charge in [-0.1, -0.05) is 31.0 Å². The average Bonchev–Trinajstić information content (AvgIpc) is 3.18. The molecule has 0 spiro atoms. The molecule has 2 nitrogen and oxygen atoms in total. The first-order valence-corrected chi connectivity index (χ1v) is 8.16. The molecule has 1 unspecified atom stereocenters. The number of nitrogens with one attached hydrogen (secondary N) is 1. The largest absolute Gasteiger partial charge is 0.329 e. The maximum Gasteiger partial charge on any atom is 0.0459 e. The van der Waals surface area contributed by atoms with Crippen molar-refractivity contribution in [2.45, 2.75) is 31.7 Å². The first-order valence-electron chi connectivity index (χ1n) is 7.28. The predicted molar refractivity (Wildman–Crippen MR) is 83.6 cm³/mol. The van der Waals surface area contributed by atoms with E-state index in [2.05, 4.69) is 35.0 Å². The summed E-state index contributed by atoms with van der Waals surface area (Å²) in [6.07, 6.45) is 5.57. The van der Waals surface area contributed by atoms with Crippen LogP contribution in [0, 0.1) is 5.92 Å². The monoisotopic (exact) mass is 274 g/mol. The van der Waals surface area contributed by atoms with E-state index in [9.17, 15) is 0 Å². The van der Waals surface area contributed by atoms with Gasteiger partial charge in [0.05, 0.1) is 0 Å². The van der Waals surface area contributed by atoms with E-state index < -0.39 is 0 Å². The molecule has 1 aromatic carbocycles. The molecule has 19 heavy (non-hydrogen) atoms. The zero-order valence-corrected chi connectivity index (χ0v) is 12.1. The number of hydrogen-bond acceptors (Lipinski definition) is 3. The molecule has 0 saturated heterocycles. The van der Waals surface area contributed by atoms with Gasteiger partial charge in [-0.05, 0) is 47.7 Å². The van der Waals surface area contributed by atoms with Crippen molar-refractivity contribution in [3.63, 3.8) is 0 Å². The second kappa shape index (κ2) is 6.04. The summed E-state index contributed by atoms with van der Waals surface area (Å²) in [4.78, 5) is 0. The summed E-state index contributed by atoms with van der Waals surface area (Å²) < 4.78 is 1.36. The van der Waals surface area contributed by atoms with Crippen LogP contribution in [-0.2, 0) is 0 Å². The molecule has 1 aliphatic carbocycles. The van der Waals surface area contributed by atoms with Crippen molar-refractivity contribution in [2.24, 2.45) is 11.7 Å². The van der Waals surface area contributed by atoms with Gasteiger partial charge in [0.2, 0.25) is 0 Å². The Morgan fingerprint density at radius 2 is 2.16 bits per heavy atom. The van der Waals surface area contributed by atoms with E-state index >= 15 is 0 Å². The minimum Gasteiger partial charge on any atom is -0.329 e. The maximum atomic E-state index is 5.95. The molecule has 1 aliphatic rings. The van der Waals surface area contributed by atoms with E-state index in [-0.39, 0.29) is 0 Å². The van der Waals surface area contributed by atoms with Crippen LogP contribution in [0.15, 0.2) is 29.6 Å². The number of nitrogens with two attached hydrogens (primary N) is 1. The number of hydrogen-bond donors (Lipinski definition) is 2. The molecule has 0 amide bonds. The zero-order chi connectivity index (χ0) is 13.1. The molecule has 1 saturated carbocycles. The summed E-state index contributed by atoms with van der Waals surface area (Å²) in [5.74, 6) is 1.03. The molecule has 1 atom stereocenters. The minimum atomic E-state index is 0.301. The van der Waals surface area contributed by atoms with E-state index in [4.69, 9.17) is 5.73 Å². The highest BCUT2D eigenvalue weighted by molar-refractivity contribution is 7.17. The summed E-state index contributed by atoms with van der Waals surface area (Å²) in [6, 6.07) is 8.90. The molecule has 1 heterocycles. The van der Waals surface area contributed by atoms with Crippen LogP contribution in [0.25, 0.3) is 10.1 Å². The molecular weight excluding hydrogens is 252 g/mol. The Morgan fingerprint density at radius 3 is 2.95 bits per heavy atom. The van der Waals surface area contributed by atoms with Gasteiger partial charge in [-0.15, -0.1) is 11.3 Å². The molecular formula is C16H22N2S. The Hall–Kier alpha value is -0.900. The highest BCUT2D eigenvalue weighted by Crippen LogP contribution is 2.33. The topological polar surface area (TPSA) is 38.0 Å². The van der Waals surface area contributed by atoms with Gasteiger partial charge in [0.1, 0.15) is 0 Å². The summed E-state index contributed by atoms with van der Waals surface area (Å²) in [6.45, 7) is 1.76. The molecule has 0 aliphatic heterocycles. The third-order valence-electron chi connectivity index (χ3n) is 4.00. The van der Waals surface area contributed by atoms with Crippen molar-refractivity contribution in [2.75, 3.05) is 13.1 Å². The first-order chi connectivity index (χ1) is 9.38. The van der Waals surface area contributed by atoms with Crippen LogP contribution >= 0.6 is 11.3 Å². The van der Waals surface area contributed by atoms with Crippen LogP contribution in [0.2, 0.25) is 0 Å². The van der Waals surface area contributed by atoms with Gasteiger partial charge in [0, 0.05) is 17.3 Å². The van der Waals surface area contributed by atoms with Crippen LogP contribution < -0.4 is 11.1 Å². The van der Waals surface area contributed by atoms with Gasteiger partial charge in [0.15, 0.2) is 0 Å². The molecule has 2 aromatic rings. The molecule has 1 aromatic heterocycles. The van der Waals surface area contributed by atoms with Crippen LogP contribution in [0.4, 0.5) is 0 Å². The van der Waals surface area contributed by atoms with Crippen LogP contribution in [0.3, 0.4) is 0 Å². The van der Waals surface area contributed by atoms with Crippen molar-refractivity contribution in [1.82, 2.24) is 5.32 Å². The number of benzene rings is 1. The predicted octanol–water partition coefficient (Wildman–Crippen LogP) is 3.68. The molecule has 1 fully saturated rings. The van der Waals surface area contributed by atoms with Gasteiger partial charge in [0.25, 0.3) is 0 Å². The van der Waals surface area contributed by atoms with Gasteiger partial charge in [-0.3, -0.25) is 0 Å². The van der Waals surface area contributed by atoms with E-state index in [0.29, 0.717) is 12.6 Å². The van der Waals surface area contributed by atoms with Crippen molar-refractivity contribution in [3.05, 3.63) is 35.2 Å². The summed E-state index contributed by atoms with van der Waals surface area (Å²) in [7, 11) is 0. The molecule has 3 rings (SSSR count). The lowest BCUT2D eigenvalue weighted by molar-refractivity contribution is 0.515. The third kappa shape index (κ3) is 3.16. The smallest absolute Gasteiger partial charge is 0.0459 e. The lowest BCUT2D eigenvalue weighted by Gasteiger charge is -2.16. The fraction of sp³-hybridized carbons (Fsp3) is 0.500. The van der Waals surface area contributed by atoms with E-state index in [1.807, 2.05) is 11.3 Å². The molecule has 3 N–H and O–H groups in total. The lowest BCUT2D eigenvalue weighted by atomic mass is 10.1. The SMILES string of the molecule is NCC(NCCCC1CC1)c1csc2ccccc12. The van der Waals surface area contributed by atoms with Crippen molar-refractivity contribution in [3.8, 4) is 0 Å². The highest BCUT2D eigenvalue weighted by atomic mass is 32.1. The van der Waals surface area contributed by atoms with Crippen molar-refractivity contribution < 1.29 is 0 Å². The average molecular weight is 274 g/mol. The zero-order valence-electron chi connectivity index (χ0n) is 11.3.